The van der Waals surface area contributed by atoms with Crippen molar-refractivity contribution in [1.82, 2.24) is 15.0 Å². The predicted octanol–water partition coefficient (Wildman–Crippen LogP) is 16.3. The van der Waals surface area contributed by atoms with Gasteiger partial charge in [-0.05, 0) is 97.1 Å². The van der Waals surface area contributed by atoms with Gasteiger partial charge < -0.3 is 8.83 Å². The lowest BCUT2D eigenvalue weighted by Crippen LogP contribution is -2.26. The maximum atomic E-state index is 6.59. The summed E-state index contributed by atoms with van der Waals surface area (Å²) in [5.41, 5.74) is 20.6. The summed E-state index contributed by atoms with van der Waals surface area (Å²) >= 11 is 0. The number of nitrogens with zero attached hydrogens (tertiary/aromatic N) is 3. The van der Waals surface area contributed by atoms with E-state index >= 15 is 0 Å². The molecule has 0 atom stereocenters. The largest absolute Gasteiger partial charge is 0.456 e. The molecule has 0 fully saturated rings. The Kier molecular flexibility index (Phi) is 7.93. The molecule has 0 amide bonds. The van der Waals surface area contributed by atoms with E-state index in [1.807, 2.05) is 72.8 Å². The number of hydrogen-bond acceptors (Lipinski definition) is 5. The monoisotopic (exact) mass is 879 g/mol. The number of aromatic nitrogens is 3. The van der Waals surface area contributed by atoms with Gasteiger partial charge in [0.05, 0.1) is 5.41 Å². The predicted molar refractivity (Wildman–Crippen MR) is 278 cm³/mol. The van der Waals surface area contributed by atoms with Crippen LogP contribution in [0, 0.1) is 0 Å². The SMILES string of the molecule is c1ccc(-c2nc(-c3cccc4oc5ccccc5c34)nc(-c3cccc4oc5ccc(-c6ccc(-c7cccc8c7C7(c9ccccc9-c9ccccc97)c7ccccc7-8)cc6)cc5c34)n2)cc1. The molecule has 69 heavy (non-hydrogen) atoms. The van der Waals surface area contributed by atoms with Gasteiger partial charge in [0, 0.05) is 38.2 Å². The molecule has 0 saturated heterocycles. The number of benzene rings is 10. The summed E-state index contributed by atoms with van der Waals surface area (Å²) in [6, 6.07) is 79.8. The van der Waals surface area contributed by atoms with Crippen LogP contribution in [0.3, 0.4) is 0 Å². The molecule has 13 aromatic rings. The van der Waals surface area contributed by atoms with Crippen molar-refractivity contribution in [3.63, 3.8) is 0 Å². The van der Waals surface area contributed by atoms with E-state index in [9.17, 15) is 0 Å². The summed E-state index contributed by atoms with van der Waals surface area (Å²) in [5, 5.41) is 3.94. The molecule has 0 saturated carbocycles. The quantitative estimate of drug-likeness (QED) is 0.172. The van der Waals surface area contributed by atoms with Crippen molar-refractivity contribution in [1.29, 1.82) is 0 Å². The highest BCUT2D eigenvalue weighted by Crippen LogP contribution is 2.64. The van der Waals surface area contributed by atoms with Crippen LogP contribution in [0.1, 0.15) is 22.3 Å². The van der Waals surface area contributed by atoms with Gasteiger partial charge in [0.2, 0.25) is 0 Å². The van der Waals surface area contributed by atoms with E-state index in [2.05, 4.69) is 152 Å². The minimum atomic E-state index is -0.429. The fourth-order valence-corrected chi connectivity index (χ4v) is 11.7. The zero-order valence-electron chi connectivity index (χ0n) is 37.0. The lowest BCUT2D eigenvalue weighted by Gasteiger charge is -2.32. The highest BCUT2D eigenvalue weighted by Gasteiger charge is 2.52. The first-order valence-corrected chi connectivity index (χ1v) is 23.4. The second-order valence-corrected chi connectivity index (χ2v) is 18.1. The summed E-state index contributed by atoms with van der Waals surface area (Å²) in [6.07, 6.45) is 0. The molecule has 1 spiro atoms. The van der Waals surface area contributed by atoms with Crippen molar-refractivity contribution in [3.05, 3.63) is 247 Å². The molecule has 3 aromatic heterocycles. The average molecular weight is 880 g/mol. The zero-order chi connectivity index (χ0) is 45.2. The lowest BCUT2D eigenvalue weighted by atomic mass is 9.68. The minimum Gasteiger partial charge on any atom is -0.456 e. The standard InChI is InChI=1S/C64H37N3O2/c1-2-15-40(16-3-1)61-65-62(48-23-13-29-56-58(48)47-20-7-11-28-54(47)68-56)67-63(66-61)49-24-14-30-57-59(49)50-37-41(35-36-55(50)69-57)38-31-33-39(34-32-38)42-21-12-22-46-45-19-6-10-27-53(45)64(60(42)46)51-25-8-4-17-43(51)44-18-5-9-26-52(44)64/h1-37H. The van der Waals surface area contributed by atoms with Gasteiger partial charge in [0.15, 0.2) is 17.5 Å². The van der Waals surface area contributed by atoms with Gasteiger partial charge in [0.25, 0.3) is 0 Å². The normalized spacial score (nSPS) is 13.0. The van der Waals surface area contributed by atoms with E-state index in [-0.39, 0.29) is 0 Å². The second-order valence-electron chi connectivity index (χ2n) is 18.1. The highest BCUT2D eigenvalue weighted by molar-refractivity contribution is 6.14. The van der Waals surface area contributed by atoms with Gasteiger partial charge in [0.1, 0.15) is 22.3 Å². The Bertz CT molecular complexity index is 4200. The van der Waals surface area contributed by atoms with E-state index in [1.54, 1.807) is 0 Å². The minimum absolute atomic E-state index is 0.429. The van der Waals surface area contributed by atoms with Gasteiger partial charge in [-0.3, -0.25) is 0 Å². The topological polar surface area (TPSA) is 65.0 Å². The number of para-hydroxylation sites is 1. The Hall–Kier alpha value is -9.19. The molecule has 15 rings (SSSR count). The Morgan fingerprint density at radius 3 is 1.39 bits per heavy atom. The van der Waals surface area contributed by atoms with E-state index in [0.717, 1.165) is 71.7 Å². The van der Waals surface area contributed by atoms with Gasteiger partial charge in [-0.1, -0.05) is 194 Å². The van der Waals surface area contributed by atoms with Gasteiger partial charge in [-0.25, -0.2) is 15.0 Å². The Morgan fingerprint density at radius 2 is 0.725 bits per heavy atom. The van der Waals surface area contributed by atoms with Gasteiger partial charge in [-0.15, -0.1) is 0 Å². The summed E-state index contributed by atoms with van der Waals surface area (Å²) in [7, 11) is 0. The molecular weight excluding hydrogens is 843 g/mol. The fourth-order valence-electron chi connectivity index (χ4n) is 11.7. The lowest BCUT2D eigenvalue weighted by molar-refractivity contribution is 0.668. The molecule has 320 valence electrons. The maximum Gasteiger partial charge on any atom is 0.164 e. The Balaban J connectivity index is 0.871. The molecule has 2 aliphatic rings. The first-order chi connectivity index (χ1) is 34.2. The smallest absolute Gasteiger partial charge is 0.164 e. The molecule has 0 bridgehead atoms. The molecule has 0 N–H and O–H groups in total. The highest BCUT2D eigenvalue weighted by atomic mass is 16.3. The van der Waals surface area contributed by atoms with Crippen molar-refractivity contribution < 1.29 is 8.83 Å². The molecule has 0 radical (unpaired) electrons. The molecular formula is C64H37N3O2. The van der Waals surface area contributed by atoms with Crippen molar-refractivity contribution in [2.24, 2.45) is 0 Å². The van der Waals surface area contributed by atoms with Crippen LogP contribution in [0.4, 0.5) is 0 Å². The third-order valence-corrected chi connectivity index (χ3v) is 14.6. The fraction of sp³-hybridized carbons (Fsp3) is 0.0156. The number of furan rings is 2. The van der Waals surface area contributed by atoms with Crippen molar-refractivity contribution in [2.75, 3.05) is 0 Å². The first kappa shape index (κ1) is 38.0. The van der Waals surface area contributed by atoms with Crippen LogP contribution in [0.2, 0.25) is 0 Å². The van der Waals surface area contributed by atoms with E-state index in [4.69, 9.17) is 23.8 Å². The van der Waals surface area contributed by atoms with E-state index in [1.165, 1.54) is 55.6 Å². The zero-order valence-corrected chi connectivity index (χ0v) is 37.0. The Labute approximate surface area is 396 Å². The number of hydrogen-bond donors (Lipinski definition) is 0. The summed E-state index contributed by atoms with van der Waals surface area (Å²) in [5.74, 6) is 1.72. The molecule has 2 aliphatic carbocycles. The molecule has 5 heteroatoms. The van der Waals surface area contributed by atoms with Crippen LogP contribution >= 0.6 is 0 Å². The third-order valence-electron chi connectivity index (χ3n) is 14.6. The van der Waals surface area contributed by atoms with Gasteiger partial charge in [-0.2, -0.15) is 0 Å². The number of fused-ring (bicyclic) bond motifs is 16. The van der Waals surface area contributed by atoms with Crippen molar-refractivity contribution in [3.8, 4) is 78.7 Å². The van der Waals surface area contributed by atoms with E-state index < -0.39 is 5.41 Å². The maximum absolute atomic E-state index is 6.59. The second kappa shape index (κ2) is 14.4. The van der Waals surface area contributed by atoms with Crippen molar-refractivity contribution >= 4 is 43.9 Å². The molecule has 0 aliphatic heterocycles. The number of rotatable bonds is 5. The van der Waals surface area contributed by atoms with Crippen LogP contribution in [-0.4, -0.2) is 15.0 Å². The van der Waals surface area contributed by atoms with Gasteiger partial charge >= 0.3 is 0 Å². The van der Waals surface area contributed by atoms with Crippen LogP contribution in [-0.2, 0) is 5.41 Å². The molecule has 3 heterocycles. The van der Waals surface area contributed by atoms with Crippen LogP contribution in [0.15, 0.2) is 233 Å². The summed E-state index contributed by atoms with van der Waals surface area (Å²) in [6.45, 7) is 0. The molecule has 0 unspecified atom stereocenters. The third kappa shape index (κ3) is 5.38. The van der Waals surface area contributed by atoms with E-state index in [0.29, 0.717) is 17.5 Å². The summed E-state index contributed by atoms with van der Waals surface area (Å²) < 4.78 is 12.9. The molecule has 5 nitrogen and oxygen atoms in total. The van der Waals surface area contributed by atoms with Crippen molar-refractivity contribution in [2.45, 2.75) is 5.41 Å². The van der Waals surface area contributed by atoms with Crippen LogP contribution < -0.4 is 0 Å². The van der Waals surface area contributed by atoms with Crippen LogP contribution in [0.25, 0.3) is 123 Å². The van der Waals surface area contributed by atoms with Crippen LogP contribution in [0.5, 0.6) is 0 Å². The molecule has 10 aromatic carbocycles. The Morgan fingerprint density at radius 1 is 0.275 bits per heavy atom. The average Bonchev–Trinajstić information content (AvgIpc) is 4.16. The first-order valence-electron chi connectivity index (χ1n) is 23.4. The summed E-state index contributed by atoms with van der Waals surface area (Å²) in [4.78, 5) is 15.6.